The van der Waals surface area contributed by atoms with E-state index < -0.39 is 7.60 Å². The molecule has 0 aliphatic heterocycles. The summed E-state index contributed by atoms with van der Waals surface area (Å²) < 4.78 is 25.2. The van der Waals surface area contributed by atoms with Crippen molar-refractivity contribution in [3.05, 3.63) is 158 Å². The summed E-state index contributed by atoms with van der Waals surface area (Å²) in [6, 6.07) is 54.6. The predicted molar refractivity (Wildman–Crippen MR) is 214 cm³/mol. The van der Waals surface area contributed by atoms with Gasteiger partial charge in [-0.1, -0.05) is 152 Å². The molecule has 0 aromatic heterocycles. The lowest BCUT2D eigenvalue weighted by atomic mass is 9.94. The second-order valence-electron chi connectivity index (χ2n) is 11.8. The van der Waals surface area contributed by atoms with E-state index in [1.807, 2.05) is 56.3 Å². The Bertz CT molecular complexity index is 2470. The molecule has 0 heterocycles. The van der Waals surface area contributed by atoms with Crippen molar-refractivity contribution >= 4 is 70.5 Å². The number of rotatable bonds is 7. The minimum atomic E-state index is -3.46. The lowest BCUT2D eigenvalue weighted by Gasteiger charge is -2.22. The molecule has 49 heavy (non-hydrogen) atoms. The van der Waals surface area contributed by atoms with Crippen LogP contribution < -0.4 is 10.6 Å². The van der Waals surface area contributed by atoms with Crippen molar-refractivity contribution in [1.29, 1.82) is 0 Å². The first-order valence-electron chi connectivity index (χ1n) is 16.7. The van der Waals surface area contributed by atoms with Crippen molar-refractivity contribution < 1.29 is 13.6 Å². The zero-order valence-corrected chi connectivity index (χ0v) is 29.7. The zero-order valence-electron chi connectivity index (χ0n) is 27.7. The molecular weight excluding hydrogens is 638 g/mol. The zero-order chi connectivity index (χ0) is 33.8. The summed E-state index contributed by atoms with van der Waals surface area (Å²) in [4.78, 5) is 0. The number of hydrogen-bond acceptors (Lipinski definition) is 3. The highest BCUT2D eigenvalue weighted by Crippen LogP contribution is 2.51. The molecule has 242 valence electrons. The number of benzene rings is 8. The standard InChI is InChI=1S/C24H23O3P.C20H15P/c1-3-26-28(25,27-4-2)23-17-16-19-11-6-8-14-21(19)24(23)22-15-9-12-18-10-5-7-13-20(18)22;21-19-13-12-15-7-2-4-10-17(15)20(19)18-11-5-8-14-6-1-3-9-16(14)18/h5-17H,3-4H2,1-2H3;1-13H,21H2. The average molecular weight is 677 g/mol. The molecule has 0 amide bonds. The maximum absolute atomic E-state index is 13.7. The molecule has 8 aromatic rings. The van der Waals surface area contributed by atoms with Crippen molar-refractivity contribution in [3.8, 4) is 22.3 Å². The fourth-order valence-corrected chi connectivity index (χ4v) is 8.98. The Morgan fingerprint density at radius 2 is 0.837 bits per heavy atom. The van der Waals surface area contributed by atoms with Gasteiger partial charge >= 0.3 is 7.60 Å². The molecule has 5 heteroatoms. The van der Waals surface area contributed by atoms with Gasteiger partial charge in [0.25, 0.3) is 0 Å². The lowest BCUT2D eigenvalue weighted by molar-refractivity contribution is 0.230. The third kappa shape index (κ3) is 6.44. The smallest absolute Gasteiger partial charge is 0.305 e. The largest absolute Gasteiger partial charge is 0.361 e. The van der Waals surface area contributed by atoms with E-state index in [4.69, 9.17) is 9.05 Å². The summed E-state index contributed by atoms with van der Waals surface area (Å²) in [5.74, 6) is 0. The van der Waals surface area contributed by atoms with Gasteiger partial charge < -0.3 is 9.05 Å². The molecule has 0 spiro atoms. The third-order valence-electron chi connectivity index (χ3n) is 8.88. The van der Waals surface area contributed by atoms with Crippen LogP contribution in [0, 0.1) is 0 Å². The highest BCUT2D eigenvalue weighted by atomic mass is 31.2. The second kappa shape index (κ2) is 14.5. The first kappa shape index (κ1) is 32.9. The summed E-state index contributed by atoms with van der Waals surface area (Å²) in [6.45, 7) is 4.31. The van der Waals surface area contributed by atoms with Gasteiger partial charge in [-0.25, -0.2) is 0 Å². The van der Waals surface area contributed by atoms with Gasteiger partial charge in [0.05, 0.1) is 18.5 Å². The Hall–Kier alpha value is -4.62. The predicted octanol–water partition coefficient (Wildman–Crippen LogP) is 11.7. The minimum absolute atomic E-state index is 0.319. The van der Waals surface area contributed by atoms with Crippen LogP contribution in [0.4, 0.5) is 0 Å². The van der Waals surface area contributed by atoms with Crippen LogP contribution >= 0.6 is 16.8 Å². The van der Waals surface area contributed by atoms with Crippen LogP contribution in [0.25, 0.3) is 65.3 Å². The lowest BCUT2D eigenvalue weighted by Crippen LogP contribution is -2.14. The van der Waals surface area contributed by atoms with Gasteiger partial charge in [-0.3, -0.25) is 4.57 Å². The Morgan fingerprint density at radius 1 is 0.449 bits per heavy atom. The maximum atomic E-state index is 13.7. The van der Waals surface area contributed by atoms with Crippen LogP contribution in [0.5, 0.6) is 0 Å². The minimum Gasteiger partial charge on any atom is -0.305 e. The van der Waals surface area contributed by atoms with Gasteiger partial charge in [0.2, 0.25) is 0 Å². The van der Waals surface area contributed by atoms with Crippen molar-refractivity contribution in [2.75, 3.05) is 13.2 Å². The van der Waals surface area contributed by atoms with E-state index in [0.29, 0.717) is 18.5 Å². The highest BCUT2D eigenvalue weighted by Gasteiger charge is 2.31. The molecule has 1 unspecified atom stereocenters. The molecule has 0 aliphatic rings. The van der Waals surface area contributed by atoms with Gasteiger partial charge in [-0.15, -0.1) is 9.24 Å². The topological polar surface area (TPSA) is 35.5 Å². The SMILES string of the molecule is CCOP(=O)(OCC)c1ccc2ccccc2c1-c1cccc2ccccc12.Pc1ccc2ccccc2c1-c1cccc2ccccc12. The van der Waals surface area contributed by atoms with Gasteiger partial charge in [0.15, 0.2) is 0 Å². The van der Waals surface area contributed by atoms with E-state index in [-0.39, 0.29) is 0 Å². The van der Waals surface area contributed by atoms with Gasteiger partial charge in [0, 0.05) is 5.56 Å². The van der Waals surface area contributed by atoms with Crippen LogP contribution in [-0.2, 0) is 13.6 Å². The fourth-order valence-electron chi connectivity index (χ4n) is 6.76. The Morgan fingerprint density at radius 3 is 1.35 bits per heavy atom. The summed E-state index contributed by atoms with van der Waals surface area (Å²) in [6.07, 6.45) is 0. The van der Waals surface area contributed by atoms with Gasteiger partial charge in [-0.05, 0) is 85.0 Å². The van der Waals surface area contributed by atoms with Crippen LogP contribution in [-0.4, -0.2) is 13.2 Å². The molecule has 0 bridgehead atoms. The van der Waals surface area contributed by atoms with Crippen molar-refractivity contribution in [2.24, 2.45) is 0 Å². The quantitative estimate of drug-likeness (QED) is 0.158. The normalized spacial score (nSPS) is 11.6. The first-order chi connectivity index (χ1) is 24.0. The van der Waals surface area contributed by atoms with Crippen molar-refractivity contribution in [1.82, 2.24) is 0 Å². The van der Waals surface area contributed by atoms with Crippen LogP contribution in [0.1, 0.15) is 13.8 Å². The second-order valence-corrected chi connectivity index (χ2v) is 14.4. The van der Waals surface area contributed by atoms with Crippen LogP contribution in [0.3, 0.4) is 0 Å². The summed E-state index contributed by atoms with van der Waals surface area (Å²) in [7, 11) is -0.574. The van der Waals surface area contributed by atoms with Gasteiger partial charge in [-0.2, -0.15) is 0 Å². The Labute approximate surface area is 290 Å². The van der Waals surface area contributed by atoms with Crippen molar-refractivity contribution in [2.45, 2.75) is 13.8 Å². The number of hydrogen-bond donors (Lipinski definition) is 0. The Kier molecular flexibility index (Phi) is 9.72. The van der Waals surface area contributed by atoms with E-state index in [2.05, 4.69) is 125 Å². The molecular formula is C44H38O3P2. The highest BCUT2D eigenvalue weighted by molar-refractivity contribution is 7.62. The molecule has 8 aromatic carbocycles. The molecule has 0 saturated carbocycles. The van der Waals surface area contributed by atoms with E-state index >= 15 is 0 Å². The van der Waals surface area contributed by atoms with E-state index in [0.717, 1.165) is 32.7 Å². The maximum Gasteiger partial charge on any atom is 0.361 e. The average Bonchev–Trinajstić information content (AvgIpc) is 3.14. The molecule has 1 atom stereocenters. The van der Waals surface area contributed by atoms with E-state index in [1.54, 1.807) is 0 Å². The van der Waals surface area contributed by atoms with E-state index in [9.17, 15) is 4.57 Å². The van der Waals surface area contributed by atoms with E-state index in [1.165, 1.54) is 38.0 Å². The third-order valence-corrected chi connectivity index (χ3v) is 11.5. The monoisotopic (exact) mass is 676 g/mol. The summed E-state index contributed by atoms with van der Waals surface area (Å²) in [5, 5.41) is 11.4. The van der Waals surface area contributed by atoms with Crippen molar-refractivity contribution in [3.63, 3.8) is 0 Å². The summed E-state index contributed by atoms with van der Waals surface area (Å²) in [5.41, 5.74) is 4.56. The molecule has 0 aliphatic carbocycles. The Balaban J connectivity index is 0.000000160. The number of fused-ring (bicyclic) bond motifs is 4. The molecule has 3 nitrogen and oxygen atoms in total. The van der Waals surface area contributed by atoms with Crippen LogP contribution in [0.2, 0.25) is 0 Å². The molecule has 0 fully saturated rings. The first-order valence-corrected chi connectivity index (χ1v) is 18.8. The summed E-state index contributed by atoms with van der Waals surface area (Å²) >= 11 is 0. The van der Waals surface area contributed by atoms with Crippen LogP contribution in [0.15, 0.2) is 158 Å². The molecule has 0 N–H and O–H groups in total. The fraction of sp³-hybridized carbons (Fsp3) is 0.0909. The molecule has 8 rings (SSSR count). The van der Waals surface area contributed by atoms with Gasteiger partial charge in [0.1, 0.15) is 0 Å². The molecule has 0 saturated heterocycles. The molecule has 0 radical (unpaired) electrons.